The number of aryl methyl sites for hydroxylation is 1. The molecule has 0 saturated carbocycles. The number of aromatic nitrogens is 2. The van der Waals surface area contributed by atoms with E-state index in [1.165, 1.54) is 5.56 Å². The molecule has 1 aliphatic heterocycles. The Morgan fingerprint density at radius 2 is 1.96 bits per heavy atom. The van der Waals surface area contributed by atoms with Gasteiger partial charge in [0.2, 0.25) is 0 Å². The summed E-state index contributed by atoms with van der Waals surface area (Å²) in [6.07, 6.45) is 2.69. The van der Waals surface area contributed by atoms with Crippen molar-refractivity contribution in [3.8, 4) is 0 Å². The lowest BCUT2D eigenvalue weighted by atomic mass is 10.1. The minimum Gasteiger partial charge on any atom is -0.378 e. The van der Waals surface area contributed by atoms with Gasteiger partial charge in [0, 0.05) is 24.8 Å². The largest absolute Gasteiger partial charge is 0.378 e. The fourth-order valence-corrected chi connectivity index (χ4v) is 2.60. The van der Waals surface area contributed by atoms with Crippen molar-refractivity contribution in [2.75, 3.05) is 31.2 Å². The number of hydrogen-bond acceptors (Lipinski definition) is 5. The Labute approximate surface area is 141 Å². The standard InChI is InChI=1S/C18H22N4O2/c1-2-14-3-5-15(6-4-14)18(23)20-13-16-19-8-7-17(21-16)22-9-11-24-12-10-22/h3-8H,2,9-13H2,1H3,(H,20,23). The first-order chi connectivity index (χ1) is 11.8. The minimum absolute atomic E-state index is 0.113. The molecule has 1 fully saturated rings. The number of rotatable bonds is 5. The van der Waals surface area contributed by atoms with Crippen molar-refractivity contribution in [2.45, 2.75) is 19.9 Å². The van der Waals surface area contributed by atoms with Gasteiger partial charge in [0.05, 0.1) is 19.8 Å². The van der Waals surface area contributed by atoms with Crippen LogP contribution < -0.4 is 10.2 Å². The van der Waals surface area contributed by atoms with Crippen LogP contribution in [0.25, 0.3) is 0 Å². The Balaban J connectivity index is 1.60. The molecule has 1 aromatic heterocycles. The molecule has 2 heterocycles. The van der Waals surface area contributed by atoms with Gasteiger partial charge in [-0.05, 0) is 30.2 Å². The molecule has 3 rings (SSSR count). The highest BCUT2D eigenvalue weighted by molar-refractivity contribution is 5.94. The van der Waals surface area contributed by atoms with Gasteiger partial charge in [-0.1, -0.05) is 19.1 Å². The molecule has 0 aliphatic carbocycles. The van der Waals surface area contributed by atoms with Crippen molar-refractivity contribution in [2.24, 2.45) is 0 Å². The number of nitrogens with one attached hydrogen (secondary N) is 1. The van der Waals surface area contributed by atoms with Crippen LogP contribution in [0.1, 0.15) is 28.7 Å². The third-order valence-corrected chi connectivity index (χ3v) is 4.06. The second kappa shape index (κ2) is 7.88. The second-order valence-corrected chi connectivity index (χ2v) is 5.66. The Kier molecular flexibility index (Phi) is 5.38. The maximum atomic E-state index is 12.2. The highest BCUT2D eigenvalue weighted by Crippen LogP contribution is 2.12. The average molecular weight is 326 g/mol. The molecule has 1 N–H and O–H groups in total. The third-order valence-electron chi connectivity index (χ3n) is 4.06. The van der Waals surface area contributed by atoms with Crippen LogP contribution in [0.3, 0.4) is 0 Å². The molecule has 126 valence electrons. The van der Waals surface area contributed by atoms with E-state index in [-0.39, 0.29) is 5.91 Å². The SMILES string of the molecule is CCc1ccc(C(=O)NCc2nccc(N3CCOCC3)n2)cc1. The van der Waals surface area contributed by atoms with Crippen LogP contribution in [-0.4, -0.2) is 42.2 Å². The van der Waals surface area contributed by atoms with Crippen molar-refractivity contribution in [3.05, 3.63) is 53.5 Å². The lowest BCUT2D eigenvalue weighted by Crippen LogP contribution is -2.37. The first kappa shape index (κ1) is 16.4. The Hall–Kier alpha value is -2.47. The summed E-state index contributed by atoms with van der Waals surface area (Å²) >= 11 is 0. The van der Waals surface area contributed by atoms with Crippen LogP contribution in [-0.2, 0) is 17.7 Å². The van der Waals surface area contributed by atoms with Gasteiger partial charge in [-0.2, -0.15) is 0 Å². The quantitative estimate of drug-likeness (QED) is 0.907. The lowest BCUT2D eigenvalue weighted by Gasteiger charge is -2.27. The summed E-state index contributed by atoms with van der Waals surface area (Å²) in [6.45, 7) is 5.48. The molecule has 1 amide bonds. The smallest absolute Gasteiger partial charge is 0.251 e. The Morgan fingerprint density at radius 3 is 2.67 bits per heavy atom. The zero-order valence-electron chi connectivity index (χ0n) is 13.9. The van der Waals surface area contributed by atoms with Gasteiger partial charge in [-0.3, -0.25) is 4.79 Å². The summed E-state index contributed by atoms with van der Waals surface area (Å²) in [7, 11) is 0. The molecular weight excluding hydrogens is 304 g/mol. The molecule has 0 atom stereocenters. The summed E-state index contributed by atoms with van der Waals surface area (Å²) in [4.78, 5) is 23.2. The number of hydrogen-bond donors (Lipinski definition) is 1. The zero-order chi connectivity index (χ0) is 16.8. The van der Waals surface area contributed by atoms with E-state index >= 15 is 0 Å². The van der Waals surface area contributed by atoms with Crippen LogP contribution in [0.4, 0.5) is 5.82 Å². The molecule has 1 saturated heterocycles. The molecule has 6 heteroatoms. The molecule has 0 bridgehead atoms. The van der Waals surface area contributed by atoms with Crippen molar-refractivity contribution in [3.63, 3.8) is 0 Å². The second-order valence-electron chi connectivity index (χ2n) is 5.66. The van der Waals surface area contributed by atoms with Crippen LogP contribution in [0.5, 0.6) is 0 Å². The number of ether oxygens (including phenoxy) is 1. The molecular formula is C18H22N4O2. The molecule has 0 radical (unpaired) electrons. The predicted molar refractivity (Wildman–Crippen MR) is 92.1 cm³/mol. The van der Waals surface area contributed by atoms with Gasteiger partial charge < -0.3 is 15.0 Å². The third kappa shape index (κ3) is 4.08. The Bertz CT molecular complexity index is 682. The highest BCUT2D eigenvalue weighted by Gasteiger charge is 2.13. The van der Waals surface area contributed by atoms with Crippen molar-refractivity contribution >= 4 is 11.7 Å². The van der Waals surface area contributed by atoms with Crippen LogP contribution in [0, 0.1) is 0 Å². The average Bonchev–Trinajstić information content (AvgIpc) is 2.67. The van der Waals surface area contributed by atoms with Gasteiger partial charge in [-0.15, -0.1) is 0 Å². The Morgan fingerprint density at radius 1 is 1.21 bits per heavy atom. The van der Waals surface area contributed by atoms with Crippen molar-refractivity contribution < 1.29 is 9.53 Å². The van der Waals surface area contributed by atoms with E-state index in [1.807, 2.05) is 30.3 Å². The van der Waals surface area contributed by atoms with E-state index in [0.29, 0.717) is 31.1 Å². The normalized spacial score (nSPS) is 14.5. The van der Waals surface area contributed by atoms with E-state index in [1.54, 1.807) is 6.20 Å². The summed E-state index contributed by atoms with van der Waals surface area (Å²) in [6, 6.07) is 9.54. The number of benzene rings is 1. The predicted octanol–water partition coefficient (Wildman–Crippen LogP) is 1.81. The van der Waals surface area contributed by atoms with Gasteiger partial charge in [0.1, 0.15) is 11.6 Å². The van der Waals surface area contributed by atoms with Crippen LogP contribution in [0.15, 0.2) is 36.5 Å². The number of anilines is 1. The molecule has 24 heavy (non-hydrogen) atoms. The number of amides is 1. The molecule has 0 spiro atoms. The van der Waals surface area contributed by atoms with E-state index < -0.39 is 0 Å². The van der Waals surface area contributed by atoms with Crippen LogP contribution in [0.2, 0.25) is 0 Å². The van der Waals surface area contributed by atoms with E-state index in [0.717, 1.165) is 25.3 Å². The molecule has 6 nitrogen and oxygen atoms in total. The first-order valence-corrected chi connectivity index (χ1v) is 8.28. The number of morpholine rings is 1. The van der Waals surface area contributed by atoms with Gasteiger partial charge in [0.25, 0.3) is 5.91 Å². The monoisotopic (exact) mass is 326 g/mol. The summed E-state index contributed by atoms with van der Waals surface area (Å²) in [5, 5.41) is 2.88. The minimum atomic E-state index is -0.113. The fourth-order valence-electron chi connectivity index (χ4n) is 2.60. The summed E-state index contributed by atoms with van der Waals surface area (Å²) < 4.78 is 5.35. The van der Waals surface area contributed by atoms with Crippen molar-refractivity contribution in [1.82, 2.24) is 15.3 Å². The number of nitrogens with zero attached hydrogens (tertiary/aromatic N) is 3. The van der Waals surface area contributed by atoms with Crippen molar-refractivity contribution in [1.29, 1.82) is 0 Å². The van der Waals surface area contributed by atoms with Gasteiger partial charge in [-0.25, -0.2) is 9.97 Å². The maximum Gasteiger partial charge on any atom is 0.251 e. The van der Waals surface area contributed by atoms with Gasteiger partial charge in [0.15, 0.2) is 0 Å². The first-order valence-electron chi connectivity index (χ1n) is 8.28. The number of carbonyl (C=O) groups excluding carboxylic acids is 1. The number of carbonyl (C=O) groups is 1. The summed E-state index contributed by atoms with van der Waals surface area (Å²) in [5.74, 6) is 1.38. The lowest BCUT2D eigenvalue weighted by molar-refractivity contribution is 0.0950. The molecule has 0 unspecified atom stereocenters. The zero-order valence-corrected chi connectivity index (χ0v) is 13.9. The molecule has 1 aromatic carbocycles. The van der Waals surface area contributed by atoms with Crippen LogP contribution >= 0.6 is 0 Å². The van der Waals surface area contributed by atoms with E-state index in [9.17, 15) is 4.79 Å². The highest BCUT2D eigenvalue weighted by atomic mass is 16.5. The summed E-state index contributed by atoms with van der Waals surface area (Å²) in [5.41, 5.74) is 1.87. The topological polar surface area (TPSA) is 67.4 Å². The fraction of sp³-hybridized carbons (Fsp3) is 0.389. The maximum absolute atomic E-state index is 12.2. The van der Waals surface area contributed by atoms with E-state index in [2.05, 4.69) is 27.1 Å². The molecule has 2 aromatic rings. The molecule has 1 aliphatic rings. The van der Waals surface area contributed by atoms with Gasteiger partial charge >= 0.3 is 0 Å². The van der Waals surface area contributed by atoms with E-state index in [4.69, 9.17) is 4.74 Å².